The zero-order valence-electron chi connectivity index (χ0n) is 17.0. The van der Waals surface area contributed by atoms with Crippen LogP contribution in [-0.2, 0) is 11.2 Å². The Bertz CT molecular complexity index is 1370. The van der Waals surface area contributed by atoms with Crippen molar-refractivity contribution in [3.8, 4) is 6.07 Å². The van der Waals surface area contributed by atoms with Gasteiger partial charge in [0.1, 0.15) is 23.3 Å². The minimum absolute atomic E-state index is 0.0915. The first kappa shape index (κ1) is 21.0. The van der Waals surface area contributed by atoms with Crippen LogP contribution in [0.3, 0.4) is 0 Å². The molecule has 0 spiro atoms. The van der Waals surface area contributed by atoms with Crippen LogP contribution < -0.4 is 5.32 Å². The zero-order chi connectivity index (χ0) is 22.5. The van der Waals surface area contributed by atoms with Crippen molar-refractivity contribution in [1.29, 1.82) is 5.26 Å². The summed E-state index contributed by atoms with van der Waals surface area (Å²) in [6.07, 6.45) is 1.99. The van der Waals surface area contributed by atoms with Crippen LogP contribution in [-0.4, -0.2) is 5.91 Å². The number of carbonyl (C=O) groups is 1. The third-order valence-corrected chi connectivity index (χ3v) is 5.10. The van der Waals surface area contributed by atoms with Crippen LogP contribution in [0.15, 0.2) is 90.5 Å². The molecule has 0 aromatic heterocycles. The first-order chi connectivity index (χ1) is 15.5. The molecule has 4 rings (SSSR count). The van der Waals surface area contributed by atoms with E-state index in [4.69, 9.17) is 0 Å². The standard InChI is InChI=1S/C27H18F2N2O/c28-22-10-12-24(13-11-22)31-27(32)21(17-30)16-26-20(14-18-4-3-6-23(29)15-18)9-8-19-5-1-2-7-25(19)26/h1-13,15-16H,14H2,(H,31,32)/b21-16+. The van der Waals surface area contributed by atoms with E-state index in [2.05, 4.69) is 5.32 Å². The van der Waals surface area contributed by atoms with E-state index in [9.17, 15) is 18.8 Å². The van der Waals surface area contributed by atoms with Gasteiger partial charge < -0.3 is 5.32 Å². The fraction of sp³-hybridized carbons (Fsp3) is 0.0370. The van der Waals surface area contributed by atoms with Gasteiger partial charge in [0.15, 0.2) is 0 Å². The van der Waals surface area contributed by atoms with Crippen molar-refractivity contribution in [2.24, 2.45) is 0 Å². The van der Waals surface area contributed by atoms with Crippen LogP contribution in [0.25, 0.3) is 16.8 Å². The summed E-state index contributed by atoms with van der Waals surface area (Å²) in [7, 11) is 0. The van der Waals surface area contributed by atoms with Crippen molar-refractivity contribution in [1.82, 2.24) is 0 Å². The zero-order valence-corrected chi connectivity index (χ0v) is 17.0. The van der Waals surface area contributed by atoms with Crippen LogP contribution in [0.2, 0.25) is 0 Å². The highest BCUT2D eigenvalue weighted by Gasteiger charge is 2.14. The van der Waals surface area contributed by atoms with Crippen molar-refractivity contribution in [3.63, 3.8) is 0 Å². The monoisotopic (exact) mass is 424 g/mol. The van der Waals surface area contributed by atoms with E-state index >= 15 is 0 Å². The second-order valence-electron chi connectivity index (χ2n) is 7.30. The molecule has 0 unspecified atom stereocenters. The van der Waals surface area contributed by atoms with Crippen molar-refractivity contribution in [3.05, 3.63) is 119 Å². The SMILES string of the molecule is N#C/C(=C\c1c(Cc2cccc(F)c2)ccc2ccccc12)C(=O)Nc1ccc(F)cc1. The third-order valence-electron chi connectivity index (χ3n) is 5.10. The molecule has 156 valence electrons. The van der Waals surface area contributed by atoms with Crippen LogP contribution >= 0.6 is 0 Å². The molecule has 0 aliphatic rings. The Morgan fingerprint density at radius 3 is 2.44 bits per heavy atom. The molecule has 32 heavy (non-hydrogen) atoms. The van der Waals surface area contributed by atoms with E-state index in [1.54, 1.807) is 12.1 Å². The molecule has 0 atom stereocenters. The molecule has 4 aromatic carbocycles. The van der Waals surface area contributed by atoms with Crippen molar-refractivity contribution in [2.45, 2.75) is 6.42 Å². The van der Waals surface area contributed by atoms with Gasteiger partial charge in [-0.25, -0.2) is 8.78 Å². The van der Waals surface area contributed by atoms with E-state index in [-0.39, 0.29) is 11.4 Å². The molecule has 0 saturated heterocycles. The summed E-state index contributed by atoms with van der Waals surface area (Å²) in [6, 6.07) is 25.2. The second-order valence-corrected chi connectivity index (χ2v) is 7.30. The molecule has 1 amide bonds. The Hall–Kier alpha value is -4.30. The third kappa shape index (κ3) is 4.71. The molecule has 1 N–H and O–H groups in total. The molecule has 0 radical (unpaired) electrons. The number of carbonyl (C=O) groups excluding carboxylic acids is 1. The maximum Gasteiger partial charge on any atom is 0.266 e. The molecule has 0 aliphatic heterocycles. The highest BCUT2D eigenvalue weighted by Crippen LogP contribution is 2.27. The number of fused-ring (bicyclic) bond motifs is 1. The second kappa shape index (κ2) is 9.23. The number of nitrogens with one attached hydrogen (secondary N) is 1. The maximum absolute atomic E-state index is 13.7. The normalized spacial score (nSPS) is 11.2. The minimum atomic E-state index is -0.594. The Morgan fingerprint density at radius 1 is 0.906 bits per heavy atom. The van der Waals surface area contributed by atoms with Gasteiger partial charge in [0.2, 0.25) is 0 Å². The van der Waals surface area contributed by atoms with Crippen LogP contribution in [0.5, 0.6) is 0 Å². The lowest BCUT2D eigenvalue weighted by Crippen LogP contribution is -2.13. The van der Waals surface area contributed by atoms with Gasteiger partial charge in [-0.15, -0.1) is 0 Å². The summed E-state index contributed by atoms with van der Waals surface area (Å²) in [4.78, 5) is 12.7. The Balaban J connectivity index is 1.76. The number of anilines is 1. The largest absolute Gasteiger partial charge is 0.321 e. The first-order valence-electron chi connectivity index (χ1n) is 9.97. The quantitative estimate of drug-likeness (QED) is 0.304. The number of nitrogens with zero attached hydrogens (tertiary/aromatic N) is 1. The average Bonchev–Trinajstić information content (AvgIpc) is 2.80. The maximum atomic E-state index is 13.7. The highest BCUT2D eigenvalue weighted by atomic mass is 19.1. The number of hydrogen-bond acceptors (Lipinski definition) is 2. The van der Waals surface area contributed by atoms with Crippen LogP contribution in [0.1, 0.15) is 16.7 Å². The minimum Gasteiger partial charge on any atom is -0.321 e. The highest BCUT2D eigenvalue weighted by molar-refractivity contribution is 6.11. The number of benzene rings is 4. The topological polar surface area (TPSA) is 52.9 Å². The fourth-order valence-corrected chi connectivity index (χ4v) is 3.56. The number of amides is 1. The molecule has 5 heteroatoms. The molecule has 0 aliphatic carbocycles. The average molecular weight is 424 g/mol. The van der Waals surface area contributed by atoms with E-state index in [1.165, 1.54) is 36.4 Å². The summed E-state index contributed by atoms with van der Waals surface area (Å²) in [6.45, 7) is 0. The molecule has 0 fully saturated rings. The Morgan fingerprint density at radius 2 is 1.69 bits per heavy atom. The van der Waals surface area contributed by atoms with Crippen molar-refractivity contribution in [2.75, 3.05) is 5.32 Å². The lowest BCUT2D eigenvalue weighted by atomic mass is 9.93. The van der Waals surface area contributed by atoms with E-state index < -0.39 is 11.7 Å². The van der Waals surface area contributed by atoms with Gasteiger partial charge in [-0.05, 0) is 76.4 Å². The lowest BCUT2D eigenvalue weighted by molar-refractivity contribution is -0.112. The summed E-state index contributed by atoms with van der Waals surface area (Å²) >= 11 is 0. The van der Waals surface area contributed by atoms with Gasteiger partial charge in [0.25, 0.3) is 5.91 Å². The van der Waals surface area contributed by atoms with Gasteiger partial charge in [0.05, 0.1) is 0 Å². The summed E-state index contributed by atoms with van der Waals surface area (Å²) in [5.41, 5.74) is 2.65. The molecule has 0 heterocycles. The first-order valence-corrected chi connectivity index (χ1v) is 9.97. The molecular formula is C27H18F2N2O. The van der Waals surface area contributed by atoms with Gasteiger partial charge in [-0.1, -0.05) is 48.5 Å². The Kier molecular flexibility index (Phi) is 6.05. The summed E-state index contributed by atoms with van der Waals surface area (Å²) in [5.74, 6) is -1.34. The van der Waals surface area contributed by atoms with Crippen molar-refractivity contribution >= 4 is 28.4 Å². The van der Waals surface area contributed by atoms with E-state index in [1.807, 2.05) is 48.5 Å². The number of rotatable bonds is 5. The molecule has 0 saturated carbocycles. The number of hydrogen-bond donors (Lipinski definition) is 1. The smallest absolute Gasteiger partial charge is 0.266 e. The summed E-state index contributed by atoms with van der Waals surface area (Å²) in [5, 5.41) is 14.1. The summed E-state index contributed by atoms with van der Waals surface area (Å²) < 4.78 is 26.8. The van der Waals surface area contributed by atoms with Gasteiger partial charge >= 0.3 is 0 Å². The fourth-order valence-electron chi connectivity index (χ4n) is 3.56. The number of nitriles is 1. The molecular weight excluding hydrogens is 406 g/mol. The van der Waals surface area contributed by atoms with E-state index in [0.717, 1.165) is 27.5 Å². The van der Waals surface area contributed by atoms with Crippen LogP contribution in [0, 0.1) is 23.0 Å². The van der Waals surface area contributed by atoms with Gasteiger partial charge in [0, 0.05) is 5.69 Å². The molecule has 4 aromatic rings. The number of halogens is 2. The van der Waals surface area contributed by atoms with Gasteiger partial charge in [-0.2, -0.15) is 5.26 Å². The lowest BCUT2D eigenvalue weighted by Gasteiger charge is -2.12. The predicted octanol–water partition coefficient (Wildman–Crippen LogP) is 6.25. The molecule has 3 nitrogen and oxygen atoms in total. The van der Waals surface area contributed by atoms with Gasteiger partial charge in [-0.3, -0.25) is 4.79 Å². The van der Waals surface area contributed by atoms with Crippen LogP contribution in [0.4, 0.5) is 14.5 Å². The predicted molar refractivity (Wildman–Crippen MR) is 122 cm³/mol. The molecule has 0 bridgehead atoms. The Labute approximate surface area is 184 Å². The van der Waals surface area contributed by atoms with Crippen molar-refractivity contribution < 1.29 is 13.6 Å². The van der Waals surface area contributed by atoms with E-state index in [0.29, 0.717) is 12.1 Å².